The number of hydrogen-bond acceptors (Lipinski definition) is 3. The zero-order chi connectivity index (χ0) is 11.5. The Morgan fingerprint density at radius 3 is 2.94 bits per heavy atom. The summed E-state index contributed by atoms with van der Waals surface area (Å²) in [6, 6.07) is 0. The van der Waals surface area contributed by atoms with Gasteiger partial charge in [-0.2, -0.15) is 0 Å². The summed E-state index contributed by atoms with van der Waals surface area (Å²) >= 11 is 0. The van der Waals surface area contributed by atoms with E-state index in [-0.39, 0.29) is 5.96 Å². The predicted molar refractivity (Wildman–Crippen MR) is 57.5 cm³/mol. The second kappa shape index (κ2) is 4.65. The fourth-order valence-electron chi connectivity index (χ4n) is 2.44. The molecule has 0 amide bonds. The minimum absolute atomic E-state index is 0.202. The molecule has 0 aromatic heterocycles. The van der Waals surface area contributed by atoms with Crippen LogP contribution in [0.5, 0.6) is 0 Å². The molecule has 2 aliphatic rings. The van der Waals surface area contributed by atoms with Gasteiger partial charge in [-0.15, -0.1) is 0 Å². The minimum atomic E-state index is -0.712. The van der Waals surface area contributed by atoms with Crippen LogP contribution in [-0.2, 0) is 4.74 Å². The van der Waals surface area contributed by atoms with Gasteiger partial charge in [-0.3, -0.25) is 0 Å². The lowest BCUT2D eigenvalue weighted by molar-refractivity contribution is -0.485. The van der Waals surface area contributed by atoms with Crippen molar-refractivity contribution in [1.29, 1.82) is 0 Å². The van der Waals surface area contributed by atoms with E-state index in [1.807, 2.05) is 0 Å². The van der Waals surface area contributed by atoms with Gasteiger partial charge in [-0.05, 0) is 19.3 Å². The molecule has 0 radical (unpaired) electrons. The molecule has 2 N–H and O–H groups in total. The molecule has 2 aliphatic heterocycles. The van der Waals surface area contributed by atoms with Gasteiger partial charge in [0, 0.05) is 19.5 Å². The van der Waals surface area contributed by atoms with E-state index in [2.05, 4.69) is 15.7 Å². The van der Waals surface area contributed by atoms with Crippen molar-refractivity contribution in [3.05, 3.63) is 10.1 Å². The molecular weight excluding hydrogens is 212 g/mol. The zero-order valence-corrected chi connectivity index (χ0v) is 9.18. The van der Waals surface area contributed by atoms with E-state index in [1.165, 1.54) is 0 Å². The molecular formula is C9H16N4O3. The van der Waals surface area contributed by atoms with E-state index in [0.29, 0.717) is 24.7 Å². The molecule has 3 atom stereocenters. The van der Waals surface area contributed by atoms with Gasteiger partial charge < -0.3 is 15.4 Å². The normalized spacial score (nSPS) is 32.8. The fourth-order valence-corrected chi connectivity index (χ4v) is 2.44. The Kier molecular flexibility index (Phi) is 3.23. The summed E-state index contributed by atoms with van der Waals surface area (Å²) in [6.07, 6.45) is 4.04. The lowest BCUT2D eigenvalue weighted by Crippen LogP contribution is -2.40. The Morgan fingerprint density at radius 2 is 2.44 bits per heavy atom. The van der Waals surface area contributed by atoms with Crippen LogP contribution in [0.25, 0.3) is 0 Å². The topological polar surface area (TPSA) is 88.8 Å². The smallest absolute Gasteiger partial charge is 0.268 e. The van der Waals surface area contributed by atoms with Crippen LogP contribution in [0.15, 0.2) is 5.10 Å². The van der Waals surface area contributed by atoms with Crippen molar-refractivity contribution in [2.75, 3.05) is 13.6 Å². The lowest BCUT2D eigenvalue weighted by Gasteiger charge is -2.19. The molecule has 2 bridgehead atoms. The summed E-state index contributed by atoms with van der Waals surface area (Å²) in [5.74, 6) is 0.650. The van der Waals surface area contributed by atoms with Crippen LogP contribution in [0.2, 0.25) is 0 Å². The highest BCUT2D eigenvalue weighted by Crippen LogP contribution is 2.38. The van der Waals surface area contributed by atoms with Crippen LogP contribution in [0.1, 0.15) is 19.3 Å². The van der Waals surface area contributed by atoms with Crippen molar-refractivity contribution in [3.8, 4) is 0 Å². The van der Waals surface area contributed by atoms with Gasteiger partial charge in [0.1, 0.15) is 5.10 Å². The van der Waals surface area contributed by atoms with Crippen molar-refractivity contribution in [1.82, 2.24) is 10.6 Å². The second-order valence-corrected chi connectivity index (χ2v) is 4.19. The summed E-state index contributed by atoms with van der Waals surface area (Å²) in [5, 5.41) is 18.3. The highest BCUT2D eigenvalue weighted by molar-refractivity contribution is 5.78. The maximum Gasteiger partial charge on any atom is 0.268 e. The van der Waals surface area contributed by atoms with E-state index in [1.54, 1.807) is 7.05 Å². The Balaban J connectivity index is 1.80. The van der Waals surface area contributed by atoms with Crippen molar-refractivity contribution in [2.24, 2.45) is 11.0 Å². The van der Waals surface area contributed by atoms with Gasteiger partial charge in [0.05, 0.1) is 12.2 Å². The van der Waals surface area contributed by atoms with Crippen molar-refractivity contribution in [2.45, 2.75) is 31.5 Å². The molecule has 2 rings (SSSR count). The quantitative estimate of drug-likeness (QED) is 0.305. The number of hydrogen-bond donors (Lipinski definition) is 2. The van der Waals surface area contributed by atoms with Crippen LogP contribution < -0.4 is 10.6 Å². The Labute approximate surface area is 93.4 Å². The van der Waals surface area contributed by atoms with E-state index in [4.69, 9.17) is 4.74 Å². The van der Waals surface area contributed by atoms with Crippen molar-refractivity contribution in [3.63, 3.8) is 0 Å². The average Bonchev–Trinajstić information content (AvgIpc) is 2.85. The number of hydrazone groups is 1. The highest BCUT2D eigenvalue weighted by Gasteiger charge is 2.40. The highest BCUT2D eigenvalue weighted by atomic mass is 16.7. The number of nitro groups is 1. The summed E-state index contributed by atoms with van der Waals surface area (Å²) in [4.78, 5) is 10.2. The second-order valence-electron chi connectivity index (χ2n) is 4.19. The molecule has 2 heterocycles. The summed E-state index contributed by atoms with van der Waals surface area (Å²) in [7, 11) is 1.60. The third kappa shape index (κ3) is 2.41. The third-order valence-corrected chi connectivity index (χ3v) is 3.18. The van der Waals surface area contributed by atoms with E-state index in [9.17, 15) is 10.1 Å². The molecule has 16 heavy (non-hydrogen) atoms. The monoisotopic (exact) mass is 228 g/mol. The number of ether oxygens (including phenoxy) is 1. The van der Waals surface area contributed by atoms with Crippen LogP contribution in [0.3, 0.4) is 0 Å². The molecule has 7 nitrogen and oxygen atoms in total. The summed E-state index contributed by atoms with van der Waals surface area (Å²) in [6.45, 7) is 0.675. The maximum absolute atomic E-state index is 10.2. The first-order valence-corrected chi connectivity index (χ1v) is 5.49. The number of rotatable bonds is 3. The van der Waals surface area contributed by atoms with Gasteiger partial charge in [-0.25, -0.2) is 10.1 Å². The Bertz CT molecular complexity index is 307. The Hall–Kier alpha value is -1.37. The van der Waals surface area contributed by atoms with Crippen molar-refractivity contribution >= 4 is 5.96 Å². The van der Waals surface area contributed by atoms with E-state index >= 15 is 0 Å². The van der Waals surface area contributed by atoms with Crippen molar-refractivity contribution < 1.29 is 9.77 Å². The zero-order valence-electron chi connectivity index (χ0n) is 9.18. The number of guanidine groups is 1. The van der Waals surface area contributed by atoms with Crippen LogP contribution in [0, 0.1) is 16.0 Å². The van der Waals surface area contributed by atoms with E-state index < -0.39 is 5.03 Å². The fraction of sp³-hybridized carbons (Fsp3) is 0.889. The number of fused-ring (bicyclic) bond motifs is 2. The van der Waals surface area contributed by atoms with Gasteiger partial charge in [0.2, 0.25) is 0 Å². The standard InChI is InChI=1S/C9H16N4O3/c1-10-9(12-13(14)15)11-5-6-4-7-2-3-8(6)16-7/h6-8H,2-5H2,1H3,(H2,10,11,12). The van der Waals surface area contributed by atoms with Gasteiger partial charge in [0.15, 0.2) is 5.03 Å². The van der Waals surface area contributed by atoms with Gasteiger partial charge in [-0.1, -0.05) is 0 Å². The average molecular weight is 228 g/mol. The number of nitrogens with one attached hydrogen (secondary N) is 2. The molecule has 90 valence electrons. The first-order valence-electron chi connectivity index (χ1n) is 5.49. The molecule has 0 aromatic carbocycles. The molecule has 3 unspecified atom stereocenters. The van der Waals surface area contributed by atoms with E-state index in [0.717, 1.165) is 19.3 Å². The predicted octanol–water partition coefficient (Wildman–Crippen LogP) is -0.0894. The van der Waals surface area contributed by atoms with Crippen LogP contribution >= 0.6 is 0 Å². The van der Waals surface area contributed by atoms with Gasteiger partial charge in [0.25, 0.3) is 5.96 Å². The lowest BCUT2D eigenvalue weighted by atomic mass is 9.89. The molecule has 0 spiro atoms. The maximum atomic E-state index is 10.2. The van der Waals surface area contributed by atoms with Crippen LogP contribution in [0.4, 0.5) is 0 Å². The molecule has 0 aromatic rings. The first kappa shape index (κ1) is 11.1. The first-order chi connectivity index (χ1) is 7.69. The number of nitrogens with zero attached hydrogens (tertiary/aromatic N) is 2. The summed E-state index contributed by atoms with van der Waals surface area (Å²) in [5.41, 5.74) is 0. The third-order valence-electron chi connectivity index (χ3n) is 3.18. The SMILES string of the molecule is CN/C(=N\[N+](=O)[O-])NCC1CC2CCC1O2. The minimum Gasteiger partial charge on any atom is -0.375 e. The van der Waals surface area contributed by atoms with Gasteiger partial charge >= 0.3 is 0 Å². The molecule has 0 aliphatic carbocycles. The molecule has 0 saturated carbocycles. The van der Waals surface area contributed by atoms with Crippen LogP contribution in [-0.4, -0.2) is 36.8 Å². The molecule has 2 saturated heterocycles. The molecule has 7 heteroatoms. The molecule has 2 fully saturated rings. The Morgan fingerprint density at radius 1 is 1.62 bits per heavy atom. The summed E-state index contributed by atoms with van der Waals surface area (Å²) < 4.78 is 5.70. The largest absolute Gasteiger partial charge is 0.375 e.